The smallest absolute Gasteiger partial charge is 0.193 e. The number of aliphatic hydroxyl groups is 3. The summed E-state index contributed by atoms with van der Waals surface area (Å²) in [4.78, 5) is 7.81. The van der Waals surface area contributed by atoms with Crippen molar-refractivity contribution in [2.24, 2.45) is 0 Å². The van der Waals surface area contributed by atoms with E-state index in [-0.39, 0.29) is 25.2 Å². The highest BCUT2D eigenvalue weighted by atomic mass is 35.5. The van der Waals surface area contributed by atoms with Crippen LogP contribution in [0.4, 0.5) is 0 Å². The summed E-state index contributed by atoms with van der Waals surface area (Å²) in [5.41, 5.74) is 4.04. The highest BCUT2D eigenvalue weighted by Crippen LogP contribution is 2.48. The SMILES string of the molecule is OC[C@H]1OC[C@@H](Oc2cc3nc(-c4ccc(C5(CO)CC5)cc4)c(Cl)cc3[nH]2)[C@@H]1O. The summed E-state index contributed by atoms with van der Waals surface area (Å²) < 4.78 is 11.1. The first-order valence-electron chi connectivity index (χ1n) is 10.0. The first-order valence-corrected chi connectivity index (χ1v) is 10.4. The third-order valence-electron chi connectivity index (χ3n) is 6.15. The van der Waals surface area contributed by atoms with Crippen LogP contribution in [0.25, 0.3) is 22.3 Å². The fourth-order valence-electron chi connectivity index (χ4n) is 4.03. The Bertz CT molecular complexity index is 1060. The normalized spacial score (nSPS) is 25.0. The van der Waals surface area contributed by atoms with Gasteiger partial charge in [0.25, 0.3) is 0 Å². The molecule has 5 rings (SSSR count). The summed E-state index contributed by atoms with van der Waals surface area (Å²) >= 11 is 6.50. The molecule has 0 amide bonds. The molecule has 1 aromatic carbocycles. The number of ether oxygens (including phenoxy) is 2. The molecular weight excluding hydrogens is 408 g/mol. The summed E-state index contributed by atoms with van der Waals surface area (Å²) in [5, 5.41) is 29.5. The molecular formula is C22H23ClN2O5. The summed E-state index contributed by atoms with van der Waals surface area (Å²) in [6, 6.07) is 11.6. The van der Waals surface area contributed by atoms with Crippen molar-refractivity contribution in [1.29, 1.82) is 0 Å². The molecule has 0 radical (unpaired) electrons. The molecule has 7 nitrogen and oxygen atoms in total. The zero-order valence-electron chi connectivity index (χ0n) is 16.2. The largest absolute Gasteiger partial charge is 0.470 e. The van der Waals surface area contributed by atoms with Gasteiger partial charge in [0, 0.05) is 17.0 Å². The molecule has 1 aliphatic carbocycles. The van der Waals surface area contributed by atoms with Gasteiger partial charge >= 0.3 is 0 Å². The molecule has 1 saturated heterocycles. The van der Waals surface area contributed by atoms with Crippen LogP contribution in [0.3, 0.4) is 0 Å². The average Bonchev–Trinajstić information content (AvgIpc) is 3.35. The number of benzene rings is 1. The first kappa shape index (κ1) is 19.8. The highest BCUT2D eigenvalue weighted by molar-refractivity contribution is 6.33. The number of aliphatic hydroxyl groups excluding tert-OH is 3. The molecule has 0 spiro atoms. The maximum atomic E-state index is 10.1. The van der Waals surface area contributed by atoms with Gasteiger partial charge in [-0.05, 0) is 24.5 Å². The molecule has 158 valence electrons. The number of nitrogens with one attached hydrogen (secondary N) is 1. The van der Waals surface area contributed by atoms with E-state index >= 15 is 0 Å². The second-order valence-electron chi connectivity index (χ2n) is 8.10. The van der Waals surface area contributed by atoms with Gasteiger partial charge in [-0.1, -0.05) is 35.9 Å². The van der Waals surface area contributed by atoms with Gasteiger partial charge in [0.15, 0.2) is 12.0 Å². The Balaban J connectivity index is 1.40. The summed E-state index contributed by atoms with van der Waals surface area (Å²) in [6.07, 6.45) is -0.0822. The highest BCUT2D eigenvalue weighted by Gasteiger charge is 2.43. The van der Waals surface area contributed by atoms with E-state index in [0.29, 0.717) is 22.1 Å². The van der Waals surface area contributed by atoms with E-state index < -0.39 is 18.3 Å². The predicted octanol–water partition coefficient (Wildman–Crippen LogP) is 2.41. The van der Waals surface area contributed by atoms with Gasteiger partial charge in [-0.15, -0.1) is 0 Å². The second-order valence-corrected chi connectivity index (χ2v) is 8.51. The van der Waals surface area contributed by atoms with Gasteiger partial charge in [0.2, 0.25) is 0 Å². The van der Waals surface area contributed by atoms with Gasteiger partial charge in [-0.2, -0.15) is 0 Å². The maximum Gasteiger partial charge on any atom is 0.193 e. The lowest BCUT2D eigenvalue weighted by molar-refractivity contribution is -0.00355. The van der Waals surface area contributed by atoms with Crippen LogP contribution in [-0.2, 0) is 10.2 Å². The van der Waals surface area contributed by atoms with Crippen LogP contribution in [0.2, 0.25) is 5.02 Å². The van der Waals surface area contributed by atoms with Gasteiger partial charge in [0.05, 0.1) is 41.6 Å². The minimum atomic E-state index is -0.902. The molecule has 30 heavy (non-hydrogen) atoms. The molecule has 1 saturated carbocycles. The van der Waals surface area contributed by atoms with E-state index in [9.17, 15) is 15.3 Å². The van der Waals surface area contributed by atoms with Crippen molar-refractivity contribution >= 4 is 22.6 Å². The average molecular weight is 431 g/mol. The van der Waals surface area contributed by atoms with Crippen LogP contribution >= 0.6 is 11.6 Å². The van der Waals surface area contributed by atoms with Gasteiger partial charge in [0.1, 0.15) is 12.2 Å². The van der Waals surface area contributed by atoms with Crippen molar-refractivity contribution in [3.63, 3.8) is 0 Å². The van der Waals surface area contributed by atoms with Crippen LogP contribution in [0.15, 0.2) is 36.4 Å². The zero-order valence-corrected chi connectivity index (χ0v) is 17.0. The van der Waals surface area contributed by atoms with Crippen molar-refractivity contribution < 1.29 is 24.8 Å². The molecule has 3 heterocycles. The number of aromatic amines is 1. The van der Waals surface area contributed by atoms with Crippen molar-refractivity contribution in [2.45, 2.75) is 36.6 Å². The van der Waals surface area contributed by atoms with E-state index in [0.717, 1.165) is 29.5 Å². The summed E-state index contributed by atoms with van der Waals surface area (Å²) in [6.45, 7) is 0.110. The number of hydrogen-bond acceptors (Lipinski definition) is 6. The van der Waals surface area contributed by atoms with Crippen molar-refractivity contribution in [3.8, 4) is 17.1 Å². The Hall–Kier alpha value is -2.16. The number of halogens is 1. The van der Waals surface area contributed by atoms with Crippen LogP contribution in [0.1, 0.15) is 18.4 Å². The number of H-pyrrole nitrogens is 1. The topological polar surface area (TPSA) is 108 Å². The molecule has 3 atom stereocenters. The molecule has 2 aromatic heterocycles. The number of rotatable bonds is 6. The second kappa shape index (κ2) is 7.51. The number of hydrogen-bond donors (Lipinski definition) is 4. The number of nitrogens with zero attached hydrogens (tertiary/aromatic N) is 1. The third kappa shape index (κ3) is 3.36. The summed E-state index contributed by atoms with van der Waals surface area (Å²) in [5.74, 6) is 0.450. The molecule has 0 unspecified atom stereocenters. The third-order valence-corrected chi connectivity index (χ3v) is 6.44. The predicted molar refractivity (Wildman–Crippen MR) is 112 cm³/mol. The minimum Gasteiger partial charge on any atom is -0.470 e. The van der Waals surface area contributed by atoms with Gasteiger partial charge in [-0.25, -0.2) is 4.98 Å². The maximum absolute atomic E-state index is 10.1. The molecule has 4 N–H and O–H groups in total. The molecule has 2 fully saturated rings. The monoisotopic (exact) mass is 430 g/mol. The van der Waals surface area contributed by atoms with E-state index in [2.05, 4.69) is 4.98 Å². The zero-order chi connectivity index (χ0) is 20.9. The van der Waals surface area contributed by atoms with Gasteiger partial charge < -0.3 is 29.8 Å². The number of aromatic nitrogens is 2. The minimum absolute atomic E-state index is 0.0733. The fraction of sp³-hybridized carbons (Fsp3) is 0.409. The number of pyridine rings is 1. The Kier molecular flexibility index (Phi) is 4.95. The van der Waals surface area contributed by atoms with Crippen molar-refractivity contribution in [3.05, 3.63) is 47.0 Å². The van der Waals surface area contributed by atoms with E-state index in [4.69, 9.17) is 26.1 Å². The van der Waals surface area contributed by atoms with Crippen LogP contribution in [0, 0.1) is 0 Å². The van der Waals surface area contributed by atoms with E-state index in [1.807, 2.05) is 24.3 Å². The Morgan fingerprint density at radius 1 is 1.20 bits per heavy atom. The molecule has 8 heteroatoms. The van der Waals surface area contributed by atoms with Crippen molar-refractivity contribution in [1.82, 2.24) is 9.97 Å². The lowest BCUT2D eigenvalue weighted by atomic mass is 9.95. The lowest BCUT2D eigenvalue weighted by Gasteiger charge is -2.16. The van der Waals surface area contributed by atoms with Crippen LogP contribution in [0.5, 0.6) is 5.88 Å². The summed E-state index contributed by atoms with van der Waals surface area (Å²) in [7, 11) is 0. The Labute approximate surface area is 178 Å². The first-order chi connectivity index (χ1) is 14.5. The molecule has 3 aromatic rings. The molecule has 1 aliphatic heterocycles. The Morgan fingerprint density at radius 3 is 2.60 bits per heavy atom. The fourth-order valence-corrected chi connectivity index (χ4v) is 4.29. The van der Waals surface area contributed by atoms with Crippen LogP contribution < -0.4 is 4.74 Å². The van der Waals surface area contributed by atoms with E-state index in [1.54, 1.807) is 12.1 Å². The molecule has 2 aliphatic rings. The standard InChI is InChI=1S/C22H23ClN2O5/c23-14-7-15-16(8-19(24-15)30-18-10-29-17(9-26)21(18)28)25-20(14)12-1-3-13(4-2-12)22(11-27)5-6-22/h1-4,7-8,17-18,21,24,26-28H,5-6,9-11H2/t17-,18-,21-/m1/s1. The van der Waals surface area contributed by atoms with E-state index in [1.165, 1.54) is 0 Å². The van der Waals surface area contributed by atoms with Gasteiger partial charge in [-0.3, -0.25) is 0 Å². The number of fused-ring (bicyclic) bond motifs is 1. The molecule has 0 bridgehead atoms. The Morgan fingerprint density at radius 2 is 1.97 bits per heavy atom. The van der Waals surface area contributed by atoms with Crippen LogP contribution in [-0.4, -0.2) is 63.4 Å². The van der Waals surface area contributed by atoms with Crippen molar-refractivity contribution in [2.75, 3.05) is 19.8 Å². The quantitative estimate of drug-likeness (QED) is 0.478. The lowest BCUT2D eigenvalue weighted by Crippen LogP contribution is -2.35.